The molecular weight excluding hydrogens is 346 g/mol. The first-order valence-corrected chi connectivity index (χ1v) is 9.25. The van der Waals surface area contributed by atoms with Crippen molar-refractivity contribution in [3.63, 3.8) is 0 Å². The molecule has 3 amide bonds. The highest BCUT2D eigenvalue weighted by molar-refractivity contribution is 5.84. The van der Waals surface area contributed by atoms with Gasteiger partial charge in [-0.05, 0) is 19.1 Å². The van der Waals surface area contributed by atoms with Crippen molar-refractivity contribution in [1.29, 1.82) is 0 Å². The van der Waals surface area contributed by atoms with Gasteiger partial charge >= 0.3 is 0 Å². The molecule has 1 aliphatic rings. The fourth-order valence-electron chi connectivity index (χ4n) is 3.25. The van der Waals surface area contributed by atoms with Crippen LogP contribution < -0.4 is 5.32 Å². The van der Waals surface area contributed by atoms with Crippen LogP contribution in [0.1, 0.15) is 38.5 Å². The normalized spacial score (nSPS) is 15.6. The maximum atomic E-state index is 12.3. The lowest BCUT2D eigenvalue weighted by molar-refractivity contribution is -0.139. The predicted molar refractivity (Wildman–Crippen MR) is 101 cm³/mol. The van der Waals surface area contributed by atoms with Crippen molar-refractivity contribution in [2.45, 2.75) is 32.7 Å². The van der Waals surface area contributed by atoms with Crippen LogP contribution in [0.25, 0.3) is 11.0 Å². The molecule has 2 aromatic rings. The zero-order valence-electron chi connectivity index (χ0n) is 15.7. The molecule has 0 bridgehead atoms. The Balaban J connectivity index is 1.45. The van der Waals surface area contributed by atoms with E-state index < -0.39 is 0 Å². The summed E-state index contributed by atoms with van der Waals surface area (Å²) in [7, 11) is 0. The van der Waals surface area contributed by atoms with Crippen LogP contribution in [0.3, 0.4) is 0 Å². The third kappa shape index (κ3) is 4.67. The van der Waals surface area contributed by atoms with Gasteiger partial charge in [-0.25, -0.2) is 0 Å². The fraction of sp³-hybridized carbons (Fsp3) is 0.450. The molecule has 0 spiro atoms. The molecule has 2 heterocycles. The Labute approximate surface area is 158 Å². The number of fused-ring (bicyclic) bond motifs is 1. The standard InChI is InChI=1S/C20H25N3O4/c1-14(18-13-16-5-3-4-6-17(16)27-18)21-19(25)7-8-20(26)23-11-9-22(10-12-23)15(2)24/h3-6,13-14H,7-12H2,1-2H3,(H,21,25)/t14-/m1/s1. The van der Waals surface area contributed by atoms with E-state index in [9.17, 15) is 14.4 Å². The second kappa shape index (κ2) is 8.24. The zero-order chi connectivity index (χ0) is 19.4. The number of hydrogen-bond acceptors (Lipinski definition) is 4. The lowest BCUT2D eigenvalue weighted by atomic mass is 10.2. The van der Waals surface area contributed by atoms with E-state index in [0.717, 1.165) is 11.0 Å². The first kappa shape index (κ1) is 18.9. The quantitative estimate of drug-likeness (QED) is 0.872. The second-order valence-corrected chi connectivity index (χ2v) is 6.86. The number of benzene rings is 1. The molecule has 1 fully saturated rings. The summed E-state index contributed by atoms with van der Waals surface area (Å²) in [4.78, 5) is 39.2. The third-order valence-electron chi connectivity index (χ3n) is 4.89. The van der Waals surface area contributed by atoms with E-state index in [1.807, 2.05) is 37.3 Å². The average Bonchev–Trinajstić information content (AvgIpc) is 3.10. The maximum absolute atomic E-state index is 12.3. The number of hydrogen-bond donors (Lipinski definition) is 1. The average molecular weight is 371 g/mol. The highest BCUT2D eigenvalue weighted by atomic mass is 16.3. The van der Waals surface area contributed by atoms with Gasteiger partial charge in [-0.3, -0.25) is 14.4 Å². The number of carbonyl (C=O) groups is 3. The fourth-order valence-corrected chi connectivity index (χ4v) is 3.25. The van der Waals surface area contributed by atoms with Crippen molar-refractivity contribution >= 4 is 28.7 Å². The summed E-state index contributed by atoms with van der Waals surface area (Å²) in [6.07, 6.45) is 0.301. The number of carbonyl (C=O) groups excluding carboxylic acids is 3. The number of piperazine rings is 1. The van der Waals surface area contributed by atoms with E-state index in [4.69, 9.17) is 4.42 Å². The summed E-state index contributed by atoms with van der Waals surface area (Å²) in [5, 5.41) is 3.88. The molecule has 1 atom stereocenters. The predicted octanol–water partition coefficient (Wildman–Crippen LogP) is 2.08. The molecule has 3 rings (SSSR count). The number of para-hydroxylation sites is 1. The van der Waals surface area contributed by atoms with Gasteiger partial charge in [0.25, 0.3) is 0 Å². The monoisotopic (exact) mass is 371 g/mol. The van der Waals surface area contributed by atoms with Crippen molar-refractivity contribution in [2.75, 3.05) is 26.2 Å². The molecule has 7 nitrogen and oxygen atoms in total. The Morgan fingerprint density at radius 3 is 2.41 bits per heavy atom. The molecule has 1 N–H and O–H groups in total. The van der Waals surface area contributed by atoms with Gasteiger partial charge in [0, 0.05) is 51.3 Å². The van der Waals surface area contributed by atoms with Gasteiger partial charge in [-0.1, -0.05) is 18.2 Å². The van der Waals surface area contributed by atoms with Crippen LogP contribution >= 0.6 is 0 Å². The highest BCUT2D eigenvalue weighted by Gasteiger charge is 2.23. The molecule has 27 heavy (non-hydrogen) atoms. The van der Waals surface area contributed by atoms with Gasteiger partial charge in [0.15, 0.2) is 0 Å². The molecule has 7 heteroatoms. The van der Waals surface area contributed by atoms with Gasteiger partial charge in [0.2, 0.25) is 17.7 Å². The van der Waals surface area contributed by atoms with Crippen LogP contribution in [0.5, 0.6) is 0 Å². The van der Waals surface area contributed by atoms with E-state index in [1.165, 1.54) is 6.92 Å². The molecule has 144 valence electrons. The number of rotatable bonds is 5. The summed E-state index contributed by atoms with van der Waals surface area (Å²) in [6.45, 7) is 5.54. The molecule has 0 saturated carbocycles. The minimum absolute atomic E-state index is 0.0288. The second-order valence-electron chi connectivity index (χ2n) is 6.86. The molecule has 0 unspecified atom stereocenters. The number of amides is 3. The first-order valence-electron chi connectivity index (χ1n) is 9.25. The number of nitrogens with zero attached hydrogens (tertiary/aromatic N) is 2. The van der Waals surface area contributed by atoms with E-state index in [-0.39, 0.29) is 36.6 Å². The maximum Gasteiger partial charge on any atom is 0.223 e. The molecular formula is C20H25N3O4. The van der Waals surface area contributed by atoms with Crippen molar-refractivity contribution in [3.8, 4) is 0 Å². The minimum Gasteiger partial charge on any atom is -0.459 e. The van der Waals surface area contributed by atoms with Crippen LogP contribution in [0.4, 0.5) is 0 Å². The molecule has 1 saturated heterocycles. The Kier molecular flexibility index (Phi) is 5.78. The van der Waals surface area contributed by atoms with E-state index in [2.05, 4.69) is 5.32 Å². The van der Waals surface area contributed by atoms with Crippen LogP contribution in [-0.2, 0) is 14.4 Å². The van der Waals surface area contributed by atoms with Gasteiger partial charge in [-0.2, -0.15) is 0 Å². The summed E-state index contributed by atoms with van der Waals surface area (Å²) in [5.41, 5.74) is 0.786. The molecule has 0 aliphatic carbocycles. The van der Waals surface area contributed by atoms with Crippen LogP contribution in [0.15, 0.2) is 34.7 Å². The van der Waals surface area contributed by atoms with E-state index in [0.29, 0.717) is 31.9 Å². The van der Waals surface area contributed by atoms with Crippen molar-refractivity contribution in [2.24, 2.45) is 0 Å². The molecule has 1 aromatic heterocycles. The SMILES string of the molecule is CC(=O)N1CCN(C(=O)CCC(=O)N[C@H](C)c2cc3ccccc3o2)CC1. The van der Waals surface area contributed by atoms with Gasteiger partial charge in [0.1, 0.15) is 11.3 Å². The summed E-state index contributed by atoms with van der Waals surface area (Å²) < 4.78 is 5.76. The van der Waals surface area contributed by atoms with Crippen LogP contribution in [-0.4, -0.2) is 53.7 Å². The topological polar surface area (TPSA) is 82.9 Å². The van der Waals surface area contributed by atoms with E-state index >= 15 is 0 Å². The summed E-state index contributed by atoms with van der Waals surface area (Å²) >= 11 is 0. The lowest BCUT2D eigenvalue weighted by Crippen LogP contribution is -2.50. The zero-order valence-corrected chi connectivity index (χ0v) is 15.7. The van der Waals surface area contributed by atoms with E-state index in [1.54, 1.807) is 9.80 Å². The van der Waals surface area contributed by atoms with Crippen molar-refractivity contribution in [1.82, 2.24) is 15.1 Å². The van der Waals surface area contributed by atoms with Gasteiger partial charge < -0.3 is 19.5 Å². The Hall–Kier alpha value is -2.83. The van der Waals surface area contributed by atoms with Gasteiger partial charge in [0.05, 0.1) is 6.04 Å². The Morgan fingerprint density at radius 2 is 1.74 bits per heavy atom. The summed E-state index contributed by atoms with van der Waals surface area (Å²) in [5.74, 6) is 0.487. The van der Waals surface area contributed by atoms with Crippen LogP contribution in [0.2, 0.25) is 0 Å². The molecule has 1 aromatic carbocycles. The lowest BCUT2D eigenvalue weighted by Gasteiger charge is -2.34. The Morgan fingerprint density at radius 1 is 1.07 bits per heavy atom. The van der Waals surface area contributed by atoms with Crippen molar-refractivity contribution in [3.05, 3.63) is 36.1 Å². The highest BCUT2D eigenvalue weighted by Crippen LogP contribution is 2.23. The Bertz CT molecular complexity index is 804. The smallest absolute Gasteiger partial charge is 0.223 e. The van der Waals surface area contributed by atoms with Gasteiger partial charge in [-0.15, -0.1) is 0 Å². The third-order valence-corrected chi connectivity index (χ3v) is 4.89. The number of nitrogens with one attached hydrogen (secondary N) is 1. The summed E-state index contributed by atoms with van der Waals surface area (Å²) in [6, 6.07) is 9.34. The number of furan rings is 1. The largest absolute Gasteiger partial charge is 0.459 e. The first-order chi connectivity index (χ1) is 12.9. The molecule has 1 aliphatic heterocycles. The van der Waals surface area contributed by atoms with Crippen LogP contribution in [0, 0.1) is 0 Å². The van der Waals surface area contributed by atoms with Crippen molar-refractivity contribution < 1.29 is 18.8 Å². The molecule has 0 radical (unpaired) electrons. The minimum atomic E-state index is -0.265.